The first-order chi connectivity index (χ1) is 15.5. The summed E-state index contributed by atoms with van der Waals surface area (Å²) >= 11 is 0. The van der Waals surface area contributed by atoms with Crippen LogP contribution in [0, 0.1) is 5.82 Å². The Hall–Kier alpha value is -2.97. The lowest BCUT2D eigenvalue weighted by atomic mass is 10.0. The van der Waals surface area contributed by atoms with Crippen molar-refractivity contribution in [3.63, 3.8) is 0 Å². The number of pyridine rings is 1. The van der Waals surface area contributed by atoms with Gasteiger partial charge in [-0.05, 0) is 35.7 Å². The summed E-state index contributed by atoms with van der Waals surface area (Å²) in [6.45, 7) is 9.01. The van der Waals surface area contributed by atoms with E-state index < -0.39 is 0 Å². The number of anilines is 1. The van der Waals surface area contributed by atoms with Gasteiger partial charge in [0.05, 0.1) is 18.9 Å². The van der Waals surface area contributed by atoms with Gasteiger partial charge < -0.3 is 19.7 Å². The van der Waals surface area contributed by atoms with Gasteiger partial charge in [0, 0.05) is 51.1 Å². The van der Waals surface area contributed by atoms with Gasteiger partial charge in [-0.25, -0.2) is 9.37 Å². The summed E-state index contributed by atoms with van der Waals surface area (Å²) in [4.78, 5) is 6.73. The zero-order chi connectivity index (χ0) is 22.5. The van der Waals surface area contributed by atoms with Crippen LogP contribution in [0.1, 0.15) is 36.6 Å². The van der Waals surface area contributed by atoms with E-state index in [0.717, 1.165) is 44.1 Å². The summed E-state index contributed by atoms with van der Waals surface area (Å²) in [7, 11) is 2.02. The third-order valence-electron chi connectivity index (χ3n) is 5.47. The normalized spacial score (nSPS) is 14.2. The molecule has 1 aliphatic heterocycles. The molecule has 0 saturated carbocycles. The average Bonchev–Trinajstić information content (AvgIpc) is 3.13. The molecule has 1 aromatic carbocycles. The molecule has 0 amide bonds. The third-order valence-corrected chi connectivity index (χ3v) is 5.47. The van der Waals surface area contributed by atoms with E-state index in [1.54, 1.807) is 18.3 Å². The number of nitrogens with zero attached hydrogens (tertiary/aromatic N) is 4. The second-order valence-electron chi connectivity index (χ2n) is 8.23. The average molecular weight is 440 g/mol. The number of hydrogen-bond donors (Lipinski definition) is 1. The lowest BCUT2D eigenvalue weighted by Crippen LogP contribution is -2.38. The molecule has 4 rings (SSSR count). The zero-order valence-electron chi connectivity index (χ0n) is 18.8. The molecule has 32 heavy (non-hydrogen) atoms. The highest BCUT2D eigenvalue weighted by Gasteiger charge is 2.24. The third kappa shape index (κ3) is 5.26. The summed E-state index contributed by atoms with van der Waals surface area (Å²) in [5.41, 5.74) is 3.43. The number of morpholine rings is 1. The maximum atomic E-state index is 13.0. The summed E-state index contributed by atoms with van der Waals surface area (Å²) in [5, 5.41) is 8.36. The lowest BCUT2D eigenvalue weighted by molar-refractivity contribution is 0.122. The summed E-state index contributed by atoms with van der Waals surface area (Å²) in [6.07, 6.45) is 1.79. The fraction of sp³-hybridized carbons (Fsp3) is 0.417. The Labute approximate surface area is 188 Å². The molecular weight excluding hydrogens is 409 g/mol. The molecule has 1 saturated heterocycles. The fourth-order valence-corrected chi connectivity index (χ4v) is 3.91. The molecule has 2 aromatic heterocycles. The topological polar surface area (TPSA) is 64.4 Å². The summed E-state index contributed by atoms with van der Waals surface area (Å²) in [5.74, 6) is 2.25. The van der Waals surface area contributed by atoms with Crippen LogP contribution in [0.25, 0.3) is 0 Å². The van der Waals surface area contributed by atoms with E-state index in [1.807, 2.05) is 23.9 Å². The number of ether oxygens (including phenoxy) is 2. The highest BCUT2D eigenvalue weighted by atomic mass is 19.1. The van der Waals surface area contributed by atoms with Crippen LogP contribution in [0.2, 0.25) is 0 Å². The smallest absolute Gasteiger partial charge is 0.219 e. The van der Waals surface area contributed by atoms with Crippen molar-refractivity contribution >= 4 is 5.82 Å². The van der Waals surface area contributed by atoms with Gasteiger partial charge in [0.2, 0.25) is 5.88 Å². The van der Waals surface area contributed by atoms with Crippen molar-refractivity contribution < 1.29 is 13.9 Å². The Morgan fingerprint density at radius 1 is 1.09 bits per heavy atom. The molecule has 0 bridgehead atoms. The van der Waals surface area contributed by atoms with Gasteiger partial charge in [-0.3, -0.25) is 4.68 Å². The quantitative estimate of drug-likeness (QED) is 0.573. The Kier molecular flexibility index (Phi) is 7.02. The number of benzene rings is 1. The van der Waals surface area contributed by atoms with E-state index in [-0.39, 0.29) is 5.82 Å². The number of aromatic nitrogens is 3. The minimum atomic E-state index is -0.294. The molecule has 3 aromatic rings. The van der Waals surface area contributed by atoms with Crippen molar-refractivity contribution in [2.45, 2.75) is 32.9 Å². The van der Waals surface area contributed by atoms with E-state index in [9.17, 15) is 4.39 Å². The minimum absolute atomic E-state index is 0.294. The van der Waals surface area contributed by atoms with E-state index in [1.165, 1.54) is 23.5 Å². The predicted octanol–water partition coefficient (Wildman–Crippen LogP) is 4.00. The number of rotatable bonds is 8. The molecule has 1 N–H and O–H groups in total. The maximum absolute atomic E-state index is 13.0. The molecule has 0 unspecified atom stereocenters. The monoisotopic (exact) mass is 439 g/mol. The number of hydrogen-bond acceptors (Lipinski definition) is 6. The number of nitrogens with one attached hydrogen (secondary N) is 1. The van der Waals surface area contributed by atoms with Crippen molar-refractivity contribution in [3.8, 4) is 11.6 Å². The molecule has 0 radical (unpaired) electrons. The van der Waals surface area contributed by atoms with Crippen molar-refractivity contribution in [2.24, 2.45) is 7.05 Å². The number of halogens is 1. The van der Waals surface area contributed by atoms with Crippen LogP contribution in [0.3, 0.4) is 0 Å². The van der Waals surface area contributed by atoms with Crippen LogP contribution < -0.4 is 15.0 Å². The molecule has 1 fully saturated rings. The molecule has 170 valence electrons. The van der Waals surface area contributed by atoms with Gasteiger partial charge in [0.15, 0.2) is 0 Å². The molecule has 0 spiro atoms. The predicted molar refractivity (Wildman–Crippen MR) is 122 cm³/mol. The van der Waals surface area contributed by atoms with E-state index in [2.05, 4.69) is 29.0 Å². The van der Waals surface area contributed by atoms with E-state index in [0.29, 0.717) is 24.1 Å². The molecule has 7 nitrogen and oxygen atoms in total. The van der Waals surface area contributed by atoms with Crippen molar-refractivity contribution in [3.05, 3.63) is 65.2 Å². The van der Waals surface area contributed by atoms with Crippen LogP contribution in [-0.2, 0) is 24.9 Å². The number of aryl methyl sites for hydroxylation is 1. The van der Waals surface area contributed by atoms with Crippen LogP contribution in [0.5, 0.6) is 11.6 Å². The molecule has 0 aliphatic carbocycles. The highest BCUT2D eigenvalue weighted by Crippen LogP contribution is 2.29. The maximum Gasteiger partial charge on any atom is 0.219 e. The Bertz CT molecular complexity index is 1010. The summed E-state index contributed by atoms with van der Waals surface area (Å²) < 4.78 is 26.2. The van der Waals surface area contributed by atoms with Gasteiger partial charge >= 0.3 is 0 Å². The zero-order valence-corrected chi connectivity index (χ0v) is 18.8. The first-order valence-electron chi connectivity index (χ1n) is 11.0. The molecule has 8 heteroatoms. The molecule has 0 atom stereocenters. The van der Waals surface area contributed by atoms with Crippen LogP contribution in [0.4, 0.5) is 10.2 Å². The summed E-state index contributed by atoms with van der Waals surface area (Å²) in [6, 6.07) is 9.69. The van der Waals surface area contributed by atoms with Gasteiger partial charge in [0.25, 0.3) is 0 Å². The fourth-order valence-electron chi connectivity index (χ4n) is 3.91. The first-order valence-corrected chi connectivity index (χ1v) is 11.0. The first kappa shape index (κ1) is 22.2. The van der Waals surface area contributed by atoms with Crippen LogP contribution >= 0.6 is 0 Å². The van der Waals surface area contributed by atoms with Gasteiger partial charge in [-0.1, -0.05) is 19.9 Å². The molecule has 3 heterocycles. The minimum Gasteiger partial charge on any atom is -0.439 e. The lowest BCUT2D eigenvalue weighted by Gasteiger charge is -2.29. The van der Waals surface area contributed by atoms with E-state index in [4.69, 9.17) is 14.6 Å². The van der Waals surface area contributed by atoms with Gasteiger partial charge in [0.1, 0.15) is 17.4 Å². The van der Waals surface area contributed by atoms with E-state index >= 15 is 0 Å². The second-order valence-corrected chi connectivity index (χ2v) is 8.23. The molecular formula is C24H30FN5O2. The van der Waals surface area contributed by atoms with Gasteiger partial charge in [-0.15, -0.1) is 0 Å². The van der Waals surface area contributed by atoms with Crippen molar-refractivity contribution in [1.29, 1.82) is 0 Å². The van der Waals surface area contributed by atoms with Crippen molar-refractivity contribution in [2.75, 3.05) is 31.2 Å². The SMILES string of the molecule is CC(C)c1nn(C)c(N2CCOCC2)c1CNCc1ccc(Oc2ccc(F)cc2)nc1. The van der Waals surface area contributed by atoms with Gasteiger partial charge in [-0.2, -0.15) is 5.10 Å². The van der Waals surface area contributed by atoms with Crippen LogP contribution in [0.15, 0.2) is 42.6 Å². The highest BCUT2D eigenvalue weighted by molar-refractivity contribution is 5.51. The Balaban J connectivity index is 1.40. The second kappa shape index (κ2) is 10.1. The standard InChI is InChI=1S/C24H30FN5O2/c1-17(2)23-21(24(29(3)28-23)30-10-12-31-13-11-30)16-26-14-18-4-9-22(27-15-18)32-20-7-5-19(25)6-8-20/h4-9,15,17,26H,10-14,16H2,1-3H3. The van der Waals surface area contributed by atoms with Crippen molar-refractivity contribution in [1.82, 2.24) is 20.1 Å². The molecule has 1 aliphatic rings. The Morgan fingerprint density at radius 2 is 1.84 bits per heavy atom. The Morgan fingerprint density at radius 3 is 2.50 bits per heavy atom. The van der Waals surface area contributed by atoms with Crippen LogP contribution in [-0.4, -0.2) is 41.1 Å². The largest absolute Gasteiger partial charge is 0.439 e.